The highest BCUT2D eigenvalue weighted by Crippen LogP contribution is 2.30. The van der Waals surface area contributed by atoms with Crippen LogP contribution in [0.3, 0.4) is 0 Å². The molecule has 0 aliphatic carbocycles. The number of methoxy groups -OCH3 is 1. The van der Waals surface area contributed by atoms with Gasteiger partial charge in [-0.2, -0.15) is 8.42 Å². The molecule has 2 atom stereocenters. The first-order valence-electron chi connectivity index (χ1n) is 13.1. The van der Waals surface area contributed by atoms with E-state index >= 15 is 0 Å². The van der Waals surface area contributed by atoms with Gasteiger partial charge in [0.15, 0.2) is 0 Å². The summed E-state index contributed by atoms with van der Waals surface area (Å²) in [6, 6.07) is 24.6. The summed E-state index contributed by atoms with van der Waals surface area (Å²) in [7, 11) is -2.22. The Labute approximate surface area is 246 Å². The van der Waals surface area contributed by atoms with Crippen LogP contribution in [0, 0.1) is 0 Å². The number of rotatable bonds is 13. The topological polar surface area (TPSA) is 95.0 Å². The van der Waals surface area contributed by atoms with Gasteiger partial charge < -0.3 is 14.6 Å². The molecule has 0 saturated heterocycles. The third kappa shape index (κ3) is 8.94. The van der Waals surface area contributed by atoms with Gasteiger partial charge in [-0.15, -0.1) is 0 Å². The average Bonchev–Trinajstić information content (AvgIpc) is 2.93. The van der Waals surface area contributed by atoms with Crippen molar-refractivity contribution in [3.8, 4) is 0 Å². The molecule has 0 fully saturated rings. The number of aliphatic hydroxyl groups is 1. The van der Waals surface area contributed by atoms with Crippen LogP contribution in [0.5, 0.6) is 0 Å². The Morgan fingerprint density at radius 2 is 1.80 bits per heavy atom. The fourth-order valence-corrected chi connectivity index (χ4v) is 5.47. The maximum absolute atomic E-state index is 12.2. The summed E-state index contributed by atoms with van der Waals surface area (Å²) in [6.07, 6.45) is 5.00. The molecular weight excluding hydrogens is 562 g/mol. The Kier molecular flexibility index (Phi) is 10.3. The van der Waals surface area contributed by atoms with E-state index in [9.17, 15) is 13.5 Å². The van der Waals surface area contributed by atoms with E-state index in [-0.39, 0.29) is 13.4 Å². The highest BCUT2D eigenvalue weighted by molar-refractivity contribution is 7.86. The molecule has 0 saturated carbocycles. The van der Waals surface area contributed by atoms with Crippen LogP contribution in [0.2, 0.25) is 5.02 Å². The maximum atomic E-state index is 12.2. The summed E-state index contributed by atoms with van der Waals surface area (Å²) < 4.78 is 40.3. The highest BCUT2D eigenvalue weighted by atomic mass is 35.5. The number of pyridine rings is 1. The normalized spacial score (nSPS) is 14.4. The number of benzene rings is 3. The minimum absolute atomic E-state index is 0.0502. The lowest BCUT2D eigenvalue weighted by Crippen LogP contribution is -2.29. The van der Waals surface area contributed by atoms with Gasteiger partial charge in [0.05, 0.1) is 24.1 Å². The van der Waals surface area contributed by atoms with E-state index in [1.54, 1.807) is 6.92 Å². The van der Waals surface area contributed by atoms with E-state index in [1.807, 2.05) is 91.0 Å². The Balaban J connectivity index is 1.55. The molecule has 0 radical (unpaired) electrons. The van der Waals surface area contributed by atoms with Crippen molar-refractivity contribution < 1.29 is 27.2 Å². The number of fused-ring (bicyclic) bond motifs is 1. The number of hydrogen-bond donors (Lipinski definition) is 1. The van der Waals surface area contributed by atoms with Crippen molar-refractivity contribution in [1.29, 1.82) is 0 Å². The van der Waals surface area contributed by atoms with Crippen LogP contribution in [0.15, 0.2) is 78.9 Å². The van der Waals surface area contributed by atoms with Gasteiger partial charge in [-0.25, -0.2) is 4.98 Å². The van der Waals surface area contributed by atoms with Crippen LogP contribution in [-0.4, -0.2) is 45.3 Å². The molecule has 9 heteroatoms. The first-order chi connectivity index (χ1) is 19.5. The van der Waals surface area contributed by atoms with Crippen molar-refractivity contribution in [3.63, 3.8) is 0 Å². The zero-order chi connectivity index (χ0) is 29.5. The molecule has 1 aromatic heterocycles. The zero-order valence-electron chi connectivity index (χ0n) is 23.3. The third-order valence-electron chi connectivity index (χ3n) is 6.55. The lowest BCUT2D eigenvalue weighted by molar-refractivity contribution is -0.0979. The molecule has 41 heavy (non-hydrogen) atoms. The molecule has 4 rings (SSSR count). The SMILES string of the molecule is COCOCC(C)(O)c1ccccc1CC[C@H](OS(C)(=O)=O)c1cccc(/C=C/c2ccc3ccc(Cl)cc3n2)c1. The molecule has 4 aromatic rings. The van der Waals surface area contributed by atoms with E-state index in [1.165, 1.54) is 7.11 Å². The summed E-state index contributed by atoms with van der Waals surface area (Å²) in [5, 5.41) is 12.7. The number of aryl methyl sites for hydroxylation is 1. The standard InChI is InChI=1S/C32H34ClNO6S/c1-32(35,21-39-22-38-2)29-10-5-4-8-24(29)14-18-31(40-41(3,36)37)26-9-6-7-23(19-26)11-16-28-17-13-25-12-15-27(33)20-30(25)34-28/h4-13,15-17,19-20,31,35H,14,18,21-22H2,1-3H3/b16-11+/t31-,32?/m0/s1. The third-order valence-corrected chi connectivity index (χ3v) is 7.37. The molecule has 3 aromatic carbocycles. The van der Waals surface area contributed by atoms with E-state index in [2.05, 4.69) is 4.98 Å². The molecule has 0 amide bonds. The van der Waals surface area contributed by atoms with Gasteiger partial charge in [-0.05, 0) is 72.4 Å². The second-order valence-corrected chi connectivity index (χ2v) is 12.1. The van der Waals surface area contributed by atoms with Gasteiger partial charge in [-0.3, -0.25) is 4.18 Å². The lowest BCUT2D eigenvalue weighted by Gasteiger charge is -2.27. The van der Waals surface area contributed by atoms with Gasteiger partial charge in [0, 0.05) is 17.5 Å². The number of nitrogens with zero attached hydrogens (tertiary/aromatic N) is 1. The summed E-state index contributed by atoms with van der Waals surface area (Å²) in [6.45, 7) is 1.80. The summed E-state index contributed by atoms with van der Waals surface area (Å²) in [4.78, 5) is 4.66. The van der Waals surface area contributed by atoms with Crippen LogP contribution < -0.4 is 0 Å². The minimum atomic E-state index is -3.74. The second-order valence-electron chi connectivity index (χ2n) is 10.1. The van der Waals surface area contributed by atoms with Gasteiger partial charge in [0.25, 0.3) is 10.1 Å². The van der Waals surface area contributed by atoms with Crippen molar-refractivity contribution in [3.05, 3.63) is 112 Å². The molecular formula is C32H34ClNO6S. The van der Waals surface area contributed by atoms with Crippen LogP contribution in [0.4, 0.5) is 0 Å². The van der Waals surface area contributed by atoms with E-state index in [0.717, 1.165) is 39.5 Å². The van der Waals surface area contributed by atoms with Crippen molar-refractivity contribution in [2.75, 3.05) is 26.8 Å². The van der Waals surface area contributed by atoms with Crippen molar-refractivity contribution >= 4 is 44.8 Å². The van der Waals surface area contributed by atoms with Gasteiger partial charge in [-0.1, -0.05) is 72.3 Å². The van der Waals surface area contributed by atoms with Crippen molar-refractivity contribution in [1.82, 2.24) is 4.98 Å². The smallest absolute Gasteiger partial charge is 0.264 e. The molecule has 216 valence electrons. The van der Waals surface area contributed by atoms with Crippen LogP contribution in [0.25, 0.3) is 23.1 Å². The molecule has 0 aliphatic rings. The van der Waals surface area contributed by atoms with Crippen molar-refractivity contribution in [2.24, 2.45) is 0 Å². The molecule has 1 unspecified atom stereocenters. The molecule has 0 aliphatic heterocycles. The highest BCUT2D eigenvalue weighted by Gasteiger charge is 2.27. The summed E-state index contributed by atoms with van der Waals surface area (Å²) in [5.41, 5.74) is 3.50. The van der Waals surface area contributed by atoms with Crippen LogP contribution in [0.1, 0.15) is 47.4 Å². The van der Waals surface area contributed by atoms with E-state index in [0.29, 0.717) is 23.4 Å². The van der Waals surface area contributed by atoms with Gasteiger partial charge in [0.2, 0.25) is 0 Å². The predicted octanol–water partition coefficient (Wildman–Crippen LogP) is 6.54. The molecule has 1 heterocycles. The molecule has 1 N–H and O–H groups in total. The number of aromatic nitrogens is 1. The summed E-state index contributed by atoms with van der Waals surface area (Å²) in [5.74, 6) is 0. The Morgan fingerprint density at radius 3 is 2.59 bits per heavy atom. The van der Waals surface area contributed by atoms with Gasteiger partial charge >= 0.3 is 0 Å². The lowest BCUT2D eigenvalue weighted by atomic mass is 9.89. The Morgan fingerprint density at radius 1 is 1.02 bits per heavy atom. The number of ether oxygens (including phenoxy) is 2. The first kappa shape index (κ1) is 30.8. The van der Waals surface area contributed by atoms with E-state index in [4.69, 9.17) is 25.3 Å². The monoisotopic (exact) mass is 595 g/mol. The second kappa shape index (κ2) is 13.7. The number of halogens is 1. The predicted molar refractivity (Wildman–Crippen MR) is 163 cm³/mol. The van der Waals surface area contributed by atoms with E-state index < -0.39 is 21.8 Å². The largest absolute Gasteiger partial charge is 0.383 e. The quantitative estimate of drug-likeness (QED) is 0.107. The Bertz CT molecular complexity index is 1620. The van der Waals surface area contributed by atoms with Crippen LogP contribution >= 0.6 is 11.6 Å². The molecule has 7 nitrogen and oxygen atoms in total. The Hall–Kier alpha value is -3.11. The van der Waals surface area contributed by atoms with Crippen molar-refractivity contribution in [2.45, 2.75) is 31.5 Å². The number of hydrogen-bond acceptors (Lipinski definition) is 7. The van der Waals surface area contributed by atoms with Crippen LogP contribution in [-0.2, 0) is 35.8 Å². The van der Waals surface area contributed by atoms with Gasteiger partial charge in [0.1, 0.15) is 18.5 Å². The summed E-state index contributed by atoms with van der Waals surface area (Å²) >= 11 is 6.12. The minimum Gasteiger partial charge on any atom is -0.383 e. The molecule has 0 bridgehead atoms. The first-order valence-corrected chi connectivity index (χ1v) is 15.3. The average molecular weight is 596 g/mol. The maximum Gasteiger partial charge on any atom is 0.264 e. The fourth-order valence-electron chi connectivity index (χ4n) is 4.68. The molecule has 0 spiro atoms. The fraction of sp³-hybridized carbons (Fsp3) is 0.281. The zero-order valence-corrected chi connectivity index (χ0v) is 24.9.